The average molecular weight is 376 g/mol. The zero-order valence-corrected chi connectivity index (χ0v) is 11.2. The molecule has 1 aromatic rings. The van der Waals surface area contributed by atoms with Gasteiger partial charge in [-0.3, -0.25) is 0 Å². The molecule has 0 saturated heterocycles. The van der Waals surface area contributed by atoms with E-state index in [9.17, 15) is 5.21 Å². The molecular weight excluding hydrogens is 371 g/mol. The fraction of sp³-hybridized carbons (Fsp3) is 0. The lowest BCUT2D eigenvalue weighted by atomic mass is 10.2. The number of benzene rings is 1. The molecule has 0 N–H and O–H groups in total. The van der Waals surface area contributed by atoms with Crippen LogP contribution in [0.1, 0.15) is 5.56 Å². The van der Waals surface area contributed by atoms with E-state index in [4.69, 9.17) is 5.26 Å². The molecule has 0 saturated carbocycles. The molecule has 1 aliphatic heterocycles. The van der Waals surface area contributed by atoms with E-state index in [0.29, 0.717) is 5.56 Å². The van der Waals surface area contributed by atoms with Crippen molar-refractivity contribution >= 4 is 43.0 Å². The van der Waals surface area contributed by atoms with Crippen molar-refractivity contribution in [3.05, 3.63) is 48.0 Å². The maximum atomic E-state index is 11.3. The van der Waals surface area contributed by atoms with Gasteiger partial charge in [-0.05, 0) is 61.3 Å². The summed E-state index contributed by atoms with van der Waals surface area (Å²) in [6.45, 7) is 0. The second-order valence-electron chi connectivity index (χ2n) is 2.79. The Bertz CT molecular complexity index is 589. The minimum atomic E-state index is -0.743. The second kappa shape index (κ2) is 4.43. The lowest BCUT2D eigenvalue weighted by molar-refractivity contribution is 0.929. The first-order valence-electron chi connectivity index (χ1n) is 4.08. The van der Waals surface area contributed by atoms with Crippen molar-refractivity contribution in [2.75, 3.05) is 0 Å². The predicted molar refractivity (Wildman–Crippen MR) is 70.1 cm³/mol. The number of hydroxylamine groups is 1. The van der Waals surface area contributed by atoms with E-state index in [-0.39, 0.29) is 0 Å². The van der Waals surface area contributed by atoms with E-state index in [1.807, 2.05) is 18.2 Å². The lowest BCUT2D eigenvalue weighted by Gasteiger charge is -2.17. The van der Waals surface area contributed by atoms with Crippen molar-refractivity contribution in [3.8, 4) is 6.07 Å². The summed E-state index contributed by atoms with van der Waals surface area (Å²) >= 11 is 2.59. The molecule has 0 spiro atoms. The largest absolute Gasteiger partial charge is 0.750 e. The number of nitrogens with zero attached hydrogens (tertiary/aromatic N) is 2. The Morgan fingerprint density at radius 2 is 2.27 bits per heavy atom. The molecule has 0 aromatic heterocycles. The van der Waals surface area contributed by atoms with Gasteiger partial charge < -0.3 is 8.48 Å². The van der Waals surface area contributed by atoms with Gasteiger partial charge in [0.15, 0.2) is 0 Å². The zero-order valence-electron chi connectivity index (χ0n) is 7.45. The van der Waals surface area contributed by atoms with Crippen molar-refractivity contribution < 1.29 is 0 Å². The summed E-state index contributed by atoms with van der Waals surface area (Å²) in [5.74, 6) is 0. The van der Waals surface area contributed by atoms with Gasteiger partial charge in [0.25, 0.3) is 0 Å². The molecular formula is C10H5BrIN2O-. The van der Waals surface area contributed by atoms with E-state index < -0.39 is 21.0 Å². The van der Waals surface area contributed by atoms with Crippen LogP contribution in [0.15, 0.2) is 28.9 Å². The van der Waals surface area contributed by atoms with Gasteiger partial charge >= 0.3 is 0 Å². The van der Waals surface area contributed by atoms with Crippen LogP contribution in [-0.4, -0.2) is 3.28 Å². The fourth-order valence-corrected chi connectivity index (χ4v) is 3.59. The second-order valence-corrected chi connectivity index (χ2v) is 6.24. The molecule has 0 aliphatic carbocycles. The molecule has 0 fully saturated rings. The highest BCUT2D eigenvalue weighted by atomic mass is 127. The van der Waals surface area contributed by atoms with Gasteiger partial charge in [-0.15, -0.1) is 0 Å². The van der Waals surface area contributed by atoms with Crippen LogP contribution in [0, 0.1) is 19.7 Å². The topological polar surface area (TPSA) is 50.1 Å². The normalized spacial score (nSPS) is 13.8. The molecule has 76 valence electrons. The lowest BCUT2D eigenvalue weighted by Crippen LogP contribution is -2.08. The maximum absolute atomic E-state index is 11.3. The molecule has 15 heavy (non-hydrogen) atoms. The number of nitriles is 1. The quantitative estimate of drug-likeness (QED) is 0.517. The minimum absolute atomic E-state index is 0.604. The summed E-state index contributed by atoms with van der Waals surface area (Å²) in [5.41, 5.74) is 0.604. The monoisotopic (exact) mass is 375 g/mol. The molecule has 5 heteroatoms. The van der Waals surface area contributed by atoms with Gasteiger partial charge in [0.1, 0.15) is 6.07 Å². The Morgan fingerprint density at radius 1 is 1.47 bits per heavy atom. The predicted octanol–water partition coefficient (Wildman–Crippen LogP) is 2.56. The Kier molecular flexibility index (Phi) is 3.19. The van der Waals surface area contributed by atoms with Gasteiger partial charge in [-0.25, -0.2) is 0 Å². The van der Waals surface area contributed by atoms with Crippen molar-refractivity contribution in [1.82, 2.24) is 3.28 Å². The summed E-state index contributed by atoms with van der Waals surface area (Å²) in [4.78, 5) is 0. The third-order valence-corrected chi connectivity index (χ3v) is 4.81. The van der Waals surface area contributed by atoms with Crippen LogP contribution in [0.5, 0.6) is 0 Å². The van der Waals surface area contributed by atoms with Crippen LogP contribution >= 0.6 is 36.9 Å². The SMILES string of the molecule is N#Cc1c(Br)ccc2c1=CC=CN([O-])I=2. The highest BCUT2D eigenvalue weighted by molar-refractivity contribution is 14.1. The molecule has 1 heterocycles. The smallest absolute Gasteiger partial charge is 0.101 e. The summed E-state index contributed by atoms with van der Waals surface area (Å²) in [6.07, 6.45) is 5.00. The van der Waals surface area contributed by atoms with E-state index in [0.717, 1.165) is 16.1 Å². The minimum Gasteiger partial charge on any atom is -0.750 e. The van der Waals surface area contributed by atoms with Crippen LogP contribution < -0.4 is 5.22 Å². The van der Waals surface area contributed by atoms with Crippen LogP contribution in [0.25, 0.3) is 6.08 Å². The first kappa shape index (κ1) is 10.8. The molecule has 0 amide bonds. The number of rotatable bonds is 0. The molecule has 0 atom stereocenters. The summed E-state index contributed by atoms with van der Waals surface area (Å²) in [6, 6.07) is 5.88. The van der Waals surface area contributed by atoms with Gasteiger partial charge in [0.05, 0.1) is 5.56 Å². The van der Waals surface area contributed by atoms with E-state index in [1.165, 1.54) is 6.20 Å². The van der Waals surface area contributed by atoms with Crippen LogP contribution in [0.4, 0.5) is 0 Å². The van der Waals surface area contributed by atoms with Gasteiger partial charge in [-0.2, -0.15) is 5.26 Å². The first-order valence-corrected chi connectivity index (χ1v) is 6.91. The van der Waals surface area contributed by atoms with Gasteiger partial charge in [-0.1, -0.05) is 6.08 Å². The number of hydrogen-bond donors (Lipinski definition) is 0. The van der Waals surface area contributed by atoms with Gasteiger partial charge in [0, 0.05) is 12.8 Å². The van der Waals surface area contributed by atoms with Gasteiger partial charge in [0.2, 0.25) is 0 Å². The molecule has 2 rings (SSSR count). The van der Waals surface area contributed by atoms with Crippen molar-refractivity contribution in [3.63, 3.8) is 0 Å². The van der Waals surface area contributed by atoms with Crippen LogP contribution in [0.3, 0.4) is 0 Å². The molecule has 0 bridgehead atoms. The molecule has 1 aliphatic rings. The molecule has 0 unspecified atom stereocenters. The maximum Gasteiger partial charge on any atom is 0.101 e. The number of fused-ring (bicyclic) bond motifs is 1. The Balaban J connectivity index is 2.89. The Morgan fingerprint density at radius 3 is 3.00 bits per heavy atom. The van der Waals surface area contributed by atoms with Crippen LogP contribution in [0.2, 0.25) is 0 Å². The van der Waals surface area contributed by atoms with E-state index in [1.54, 1.807) is 6.08 Å². The number of halogens is 2. The first-order chi connectivity index (χ1) is 7.22. The Hall–Kier alpha value is -0.710. The third-order valence-electron chi connectivity index (χ3n) is 1.89. The van der Waals surface area contributed by atoms with Crippen molar-refractivity contribution in [2.24, 2.45) is 0 Å². The van der Waals surface area contributed by atoms with Crippen LogP contribution in [-0.2, 0) is 0 Å². The average Bonchev–Trinajstić information content (AvgIpc) is 2.39. The molecule has 3 nitrogen and oxygen atoms in total. The van der Waals surface area contributed by atoms with Crippen molar-refractivity contribution in [2.45, 2.75) is 0 Å². The highest BCUT2D eigenvalue weighted by Gasteiger charge is 2.02. The summed E-state index contributed by atoms with van der Waals surface area (Å²) < 4.78 is 2.71. The zero-order chi connectivity index (χ0) is 10.8. The highest BCUT2D eigenvalue weighted by Crippen LogP contribution is 2.17. The molecule has 1 aromatic carbocycles. The summed E-state index contributed by atoms with van der Waals surface area (Å²) in [5, 5.41) is 21.2. The standard InChI is InChI=1S/C10H5BrIN2O/c11-9-3-4-10-7(8(9)6-13)2-1-5-14(15)12-10/h1-5H/q-1. The van der Waals surface area contributed by atoms with E-state index >= 15 is 0 Å². The Labute approximate surface area is 105 Å². The number of hydrogen-bond acceptors (Lipinski definition) is 3. The summed E-state index contributed by atoms with van der Waals surface area (Å²) in [7, 11) is 0. The number of allylic oxidation sites excluding steroid dienone is 1. The molecule has 0 radical (unpaired) electrons. The fourth-order valence-electron chi connectivity index (χ4n) is 1.24. The van der Waals surface area contributed by atoms with E-state index in [2.05, 4.69) is 22.0 Å². The van der Waals surface area contributed by atoms with Crippen molar-refractivity contribution in [1.29, 1.82) is 5.26 Å². The third kappa shape index (κ3) is 2.12.